The third kappa shape index (κ3) is 4.74. The van der Waals surface area contributed by atoms with Crippen LogP contribution in [0.15, 0.2) is 48.5 Å². The van der Waals surface area contributed by atoms with Gasteiger partial charge < -0.3 is 25.4 Å². The molecule has 3 aliphatic heterocycles. The van der Waals surface area contributed by atoms with E-state index in [1.807, 2.05) is 69.3 Å². The highest BCUT2D eigenvalue weighted by molar-refractivity contribution is 6.05. The minimum Gasteiger partial charge on any atom is -0.396 e. The Morgan fingerprint density at radius 2 is 1.64 bits per heavy atom. The number of likely N-dealkylation sites (tertiary alicyclic amines) is 1. The van der Waals surface area contributed by atoms with Crippen LogP contribution in [0.1, 0.15) is 56.6 Å². The van der Waals surface area contributed by atoms with Crippen LogP contribution in [-0.2, 0) is 19.1 Å². The van der Waals surface area contributed by atoms with E-state index in [2.05, 4.69) is 10.6 Å². The molecule has 39 heavy (non-hydrogen) atoms. The number of hydrogen-bond acceptors (Lipinski definition) is 5. The number of aryl methyl sites for hydroxylation is 2. The summed E-state index contributed by atoms with van der Waals surface area (Å²) in [5, 5.41) is 15.2. The molecule has 5 atom stereocenters. The van der Waals surface area contributed by atoms with E-state index in [4.69, 9.17) is 9.84 Å². The Kier molecular flexibility index (Phi) is 7.53. The quantitative estimate of drug-likeness (QED) is 0.397. The molecular formula is C31H39N3O5. The number of aliphatic hydroxyl groups is 1. The first-order valence-corrected chi connectivity index (χ1v) is 14.1. The number of nitrogens with zero attached hydrogens (tertiary/aromatic N) is 1. The van der Waals surface area contributed by atoms with Crippen LogP contribution in [0.3, 0.4) is 0 Å². The topological polar surface area (TPSA) is 108 Å². The molecule has 8 heteroatoms. The number of carbonyl (C=O) groups excluding carboxylic acids is 3. The number of amides is 3. The summed E-state index contributed by atoms with van der Waals surface area (Å²) in [5.74, 6) is -2.13. The van der Waals surface area contributed by atoms with Gasteiger partial charge in [-0.1, -0.05) is 49.2 Å². The van der Waals surface area contributed by atoms with Crippen LogP contribution < -0.4 is 10.6 Å². The molecular weight excluding hydrogens is 494 g/mol. The third-order valence-corrected chi connectivity index (χ3v) is 8.89. The summed E-state index contributed by atoms with van der Waals surface area (Å²) in [6, 6.07) is 14.2. The molecule has 0 saturated carbocycles. The summed E-state index contributed by atoms with van der Waals surface area (Å²) < 4.78 is 6.70. The van der Waals surface area contributed by atoms with Crippen LogP contribution in [0.2, 0.25) is 0 Å². The van der Waals surface area contributed by atoms with Crippen molar-refractivity contribution in [3.05, 3.63) is 59.7 Å². The summed E-state index contributed by atoms with van der Waals surface area (Å²) in [6.45, 7) is 6.35. The molecule has 208 valence electrons. The molecule has 2 unspecified atom stereocenters. The maximum absolute atomic E-state index is 14.1. The Bertz CT molecular complexity index is 1230. The predicted octanol–water partition coefficient (Wildman–Crippen LogP) is 4.20. The van der Waals surface area contributed by atoms with Crippen molar-refractivity contribution in [3.63, 3.8) is 0 Å². The molecule has 0 radical (unpaired) electrons. The number of anilines is 2. The molecule has 0 aromatic heterocycles. The molecule has 8 nitrogen and oxygen atoms in total. The van der Waals surface area contributed by atoms with Crippen molar-refractivity contribution in [2.24, 2.45) is 11.8 Å². The van der Waals surface area contributed by atoms with Crippen molar-refractivity contribution in [2.75, 3.05) is 23.8 Å². The minimum atomic E-state index is -1.06. The molecule has 3 heterocycles. The first-order chi connectivity index (χ1) is 18.7. The Hall–Kier alpha value is -3.23. The standard InChI is InChI=1S/C31H39N3O5/c1-20-12-11-13-21(2)25(20)33-28(37)26-31-17-16-30(3,39-31)23(27(36)32-22-14-7-6-8-15-22)24(31)29(38)34(26)18-9-4-5-10-19-35/h6-8,11-15,23-24,26,35H,4-5,9-10,16-19H2,1-3H3,(H,32,36)(H,33,37)/t23-,24-,26?,30+,31?/m0/s1. The molecule has 3 saturated heterocycles. The summed E-state index contributed by atoms with van der Waals surface area (Å²) >= 11 is 0. The summed E-state index contributed by atoms with van der Waals surface area (Å²) in [7, 11) is 0. The molecule has 3 fully saturated rings. The number of fused-ring (bicyclic) bond motifs is 1. The number of benzene rings is 2. The van der Waals surface area contributed by atoms with E-state index >= 15 is 0 Å². The Labute approximate surface area is 230 Å². The Morgan fingerprint density at radius 1 is 0.949 bits per heavy atom. The number of hydrogen-bond donors (Lipinski definition) is 3. The first-order valence-electron chi connectivity index (χ1n) is 14.1. The summed E-state index contributed by atoms with van der Waals surface area (Å²) in [6.07, 6.45) is 4.24. The third-order valence-electron chi connectivity index (χ3n) is 8.89. The number of rotatable bonds is 10. The lowest BCUT2D eigenvalue weighted by atomic mass is 9.66. The van der Waals surface area contributed by atoms with Gasteiger partial charge in [-0.25, -0.2) is 0 Å². The second-order valence-electron chi connectivity index (χ2n) is 11.5. The zero-order valence-corrected chi connectivity index (χ0v) is 23.0. The number of aliphatic hydroxyl groups excluding tert-OH is 1. The van der Waals surface area contributed by atoms with Gasteiger partial charge in [-0.2, -0.15) is 0 Å². The van der Waals surface area contributed by atoms with Crippen molar-refractivity contribution < 1.29 is 24.2 Å². The minimum absolute atomic E-state index is 0.138. The van der Waals surface area contributed by atoms with E-state index in [0.717, 1.165) is 29.7 Å². The van der Waals surface area contributed by atoms with Crippen LogP contribution in [0, 0.1) is 25.7 Å². The van der Waals surface area contributed by atoms with Gasteiger partial charge in [0.1, 0.15) is 11.6 Å². The zero-order valence-electron chi connectivity index (χ0n) is 23.0. The van der Waals surface area contributed by atoms with Gasteiger partial charge in [0.25, 0.3) is 0 Å². The summed E-state index contributed by atoms with van der Waals surface area (Å²) in [5.41, 5.74) is 1.41. The number of nitrogens with one attached hydrogen (secondary N) is 2. The van der Waals surface area contributed by atoms with Gasteiger partial charge in [-0.05, 0) is 69.7 Å². The highest BCUT2D eigenvalue weighted by Gasteiger charge is 2.77. The maximum Gasteiger partial charge on any atom is 0.250 e. The Balaban J connectivity index is 1.47. The SMILES string of the molecule is Cc1cccc(C)c1NC(=O)C1N(CCCCCCO)C(=O)[C@@H]2[C@@H](C(=O)Nc3ccccc3)[C@@]3(C)CCC12O3. The van der Waals surface area contributed by atoms with E-state index in [1.165, 1.54) is 0 Å². The van der Waals surface area contributed by atoms with Gasteiger partial charge in [0.15, 0.2) is 0 Å². The Morgan fingerprint density at radius 3 is 2.33 bits per heavy atom. The van der Waals surface area contributed by atoms with Crippen molar-refractivity contribution in [1.29, 1.82) is 0 Å². The average Bonchev–Trinajstić information content (AvgIpc) is 3.47. The van der Waals surface area contributed by atoms with Crippen LogP contribution in [0.4, 0.5) is 11.4 Å². The van der Waals surface area contributed by atoms with Gasteiger partial charge in [-0.3, -0.25) is 14.4 Å². The fraction of sp³-hybridized carbons (Fsp3) is 0.516. The van der Waals surface area contributed by atoms with E-state index in [-0.39, 0.29) is 24.3 Å². The predicted molar refractivity (Wildman–Crippen MR) is 149 cm³/mol. The van der Waals surface area contributed by atoms with Crippen molar-refractivity contribution in [1.82, 2.24) is 4.90 Å². The van der Waals surface area contributed by atoms with Crippen molar-refractivity contribution in [2.45, 2.75) is 76.5 Å². The van der Waals surface area contributed by atoms with E-state index in [1.54, 1.807) is 4.90 Å². The van der Waals surface area contributed by atoms with Gasteiger partial charge in [-0.15, -0.1) is 0 Å². The molecule has 2 aromatic rings. The molecule has 2 bridgehead atoms. The van der Waals surface area contributed by atoms with Crippen molar-refractivity contribution >= 4 is 29.1 Å². The second kappa shape index (κ2) is 10.7. The normalized spacial score (nSPS) is 29.0. The lowest BCUT2D eigenvalue weighted by Crippen LogP contribution is -2.53. The smallest absolute Gasteiger partial charge is 0.250 e. The largest absolute Gasteiger partial charge is 0.396 e. The summed E-state index contributed by atoms with van der Waals surface area (Å²) in [4.78, 5) is 43.6. The highest BCUT2D eigenvalue weighted by Crippen LogP contribution is 2.63. The molecule has 3 N–H and O–H groups in total. The molecule has 5 rings (SSSR count). The zero-order chi connectivity index (χ0) is 27.8. The number of para-hydroxylation sites is 2. The lowest BCUT2D eigenvalue weighted by molar-refractivity contribution is -0.143. The van der Waals surface area contributed by atoms with Gasteiger partial charge in [0.2, 0.25) is 17.7 Å². The van der Waals surface area contributed by atoms with E-state index in [9.17, 15) is 14.4 Å². The van der Waals surface area contributed by atoms with Gasteiger partial charge in [0.05, 0.1) is 17.4 Å². The average molecular weight is 534 g/mol. The molecule has 1 spiro atoms. The maximum atomic E-state index is 14.1. The number of ether oxygens (including phenoxy) is 1. The first kappa shape index (κ1) is 27.3. The molecule has 3 aliphatic rings. The highest BCUT2D eigenvalue weighted by atomic mass is 16.5. The van der Waals surface area contributed by atoms with Gasteiger partial charge in [0, 0.05) is 24.5 Å². The molecule has 0 aliphatic carbocycles. The monoisotopic (exact) mass is 533 g/mol. The van der Waals surface area contributed by atoms with Gasteiger partial charge >= 0.3 is 0 Å². The second-order valence-corrected chi connectivity index (χ2v) is 11.5. The lowest BCUT2D eigenvalue weighted by Gasteiger charge is -2.33. The van der Waals surface area contributed by atoms with Crippen LogP contribution >= 0.6 is 0 Å². The van der Waals surface area contributed by atoms with Crippen LogP contribution in [0.5, 0.6) is 0 Å². The van der Waals surface area contributed by atoms with Crippen LogP contribution in [-0.4, -0.2) is 58.1 Å². The van der Waals surface area contributed by atoms with Crippen LogP contribution in [0.25, 0.3) is 0 Å². The fourth-order valence-corrected chi connectivity index (χ4v) is 7.06. The molecule has 2 aromatic carbocycles. The van der Waals surface area contributed by atoms with Crippen molar-refractivity contribution in [3.8, 4) is 0 Å². The number of carbonyl (C=O) groups is 3. The van der Waals surface area contributed by atoms with E-state index < -0.39 is 29.1 Å². The number of unbranched alkanes of at least 4 members (excludes halogenated alkanes) is 3. The fourth-order valence-electron chi connectivity index (χ4n) is 7.06. The molecule has 3 amide bonds. The van der Waals surface area contributed by atoms with E-state index in [0.29, 0.717) is 37.9 Å².